The van der Waals surface area contributed by atoms with Crippen LogP contribution >= 0.6 is 11.8 Å². The molecule has 2 unspecified atom stereocenters. The van der Waals surface area contributed by atoms with Crippen LogP contribution < -0.4 is 0 Å². The quantitative estimate of drug-likeness (QED) is 0.736. The molecule has 1 nitrogen and oxygen atoms in total. The molecule has 2 heteroatoms. The second-order valence-electron chi connectivity index (χ2n) is 5.93. The first-order chi connectivity index (χ1) is 9.88. The van der Waals surface area contributed by atoms with Gasteiger partial charge in [-0.05, 0) is 37.3 Å². The van der Waals surface area contributed by atoms with Gasteiger partial charge in [-0.2, -0.15) is 11.8 Å². The zero-order valence-electron chi connectivity index (χ0n) is 11.6. The minimum Gasteiger partial charge on any atom is -0.256 e. The Morgan fingerprint density at radius 3 is 3.05 bits per heavy atom. The molecule has 1 fully saturated rings. The number of fused-ring (bicyclic) bond motifs is 3. The number of hydrogen-bond acceptors (Lipinski definition) is 2. The van der Waals surface area contributed by atoms with Crippen LogP contribution in [0.25, 0.3) is 10.9 Å². The van der Waals surface area contributed by atoms with Gasteiger partial charge >= 0.3 is 0 Å². The topological polar surface area (TPSA) is 12.9 Å². The van der Waals surface area contributed by atoms with E-state index in [1.807, 2.05) is 12.3 Å². The van der Waals surface area contributed by atoms with E-state index < -0.39 is 0 Å². The lowest BCUT2D eigenvalue weighted by Crippen LogP contribution is -2.22. The molecule has 1 aromatic carbocycles. The Morgan fingerprint density at radius 1 is 1.15 bits per heavy atom. The lowest BCUT2D eigenvalue weighted by atomic mass is 9.93. The Bertz CT molecular complexity index is 656. The summed E-state index contributed by atoms with van der Waals surface area (Å²) in [5, 5.41) is 2.91. The SMILES string of the molecule is C1=C(Cc2cccc3cccnc23)CC2CCCC1S2. The van der Waals surface area contributed by atoms with E-state index in [4.69, 9.17) is 0 Å². The summed E-state index contributed by atoms with van der Waals surface area (Å²) in [6, 6.07) is 10.7. The third-order valence-corrected chi connectivity index (χ3v) is 5.94. The van der Waals surface area contributed by atoms with Crippen molar-refractivity contribution in [3.63, 3.8) is 0 Å². The third kappa shape index (κ3) is 2.37. The van der Waals surface area contributed by atoms with E-state index in [1.54, 1.807) is 5.57 Å². The molecule has 2 aliphatic heterocycles. The average Bonchev–Trinajstić information content (AvgIpc) is 2.47. The van der Waals surface area contributed by atoms with Gasteiger partial charge in [0.15, 0.2) is 0 Å². The minimum atomic E-state index is 0.778. The maximum absolute atomic E-state index is 4.59. The van der Waals surface area contributed by atoms with Crippen LogP contribution in [-0.4, -0.2) is 15.5 Å². The lowest BCUT2D eigenvalue weighted by Gasteiger charge is -2.33. The molecule has 1 aromatic heterocycles. The maximum atomic E-state index is 4.59. The Labute approximate surface area is 124 Å². The van der Waals surface area contributed by atoms with E-state index in [1.165, 1.54) is 42.1 Å². The fourth-order valence-electron chi connectivity index (χ4n) is 3.51. The van der Waals surface area contributed by atoms with Crippen molar-refractivity contribution in [3.8, 4) is 0 Å². The monoisotopic (exact) mass is 281 g/mol. The van der Waals surface area contributed by atoms with Crippen LogP contribution in [0.2, 0.25) is 0 Å². The third-order valence-electron chi connectivity index (χ3n) is 4.43. The molecular weight excluding hydrogens is 262 g/mol. The highest BCUT2D eigenvalue weighted by molar-refractivity contribution is 8.00. The summed E-state index contributed by atoms with van der Waals surface area (Å²) in [6.45, 7) is 0. The second-order valence-corrected chi connectivity index (χ2v) is 7.47. The molecule has 0 spiro atoms. The Balaban J connectivity index is 1.66. The molecule has 2 bridgehead atoms. The van der Waals surface area contributed by atoms with E-state index in [0.29, 0.717) is 0 Å². The fourth-order valence-corrected chi connectivity index (χ4v) is 5.19. The standard InChI is InChI=1S/C18H19NS/c1-4-14-6-3-9-19-18(14)15(5-1)10-13-11-16-7-2-8-17(12-13)20-16/h1,3-6,9,11,16-17H,2,7-8,10,12H2. The largest absolute Gasteiger partial charge is 0.256 e. The molecule has 0 radical (unpaired) electrons. The maximum Gasteiger partial charge on any atom is 0.0737 e. The first kappa shape index (κ1) is 12.5. The molecule has 0 aliphatic carbocycles. The van der Waals surface area contributed by atoms with Gasteiger partial charge in [-0.15, -0.1) is 0 Å². The van der Waals surface area contributed by atoms with Crippen LogP contribution in [0.5, 0.6) is 0 Å². The van der Waals surface area contributed by atoms with Gasteiger partial charge in [0.2, 0.25) is 0 Å². The number of benzene rings is 1. The molecular formula is C18H19NS. The molecule has 2 aliphatic rings. The smallest absolute Gasteiger partial charge is 0.0737 e. The van der Waals surface area contributed by atoms with Gasteiger partial charge in [0.05, 0.1) is 5.52 Å². The van der Waals surface area contributed by atoms with Gasteiger partial charge in [0.25, 0.3) is 0 Å². The van der Waals surface area contributed by atoms with Crippen molar-refractivity contribution in [3.05, 3.63) is 53.7 Å². The summed E-state index contributed by atoms with van der Waals surface area (Å²) in [7, 11) is 0. The zero-order chi connectivity index (χ0) is 13.4. The van der Waals surface area contributed by atoms with Gasteiger partial charge in [0.1, 0.15) is 0 Å². The first-order valence-electron chi connectivity index (χ1n) is 7.56. The minimum absolute atomic E-state index is 0.778. The van der Waals surface area contributed by atoms with Crippen LogP contribution in [0.15, 0.2) is 48.2 Å². The van der Waals surface area contributed by atoms with Crippen molar-refractivity contribution in [2.75, 3.05) is 0 Å². The summed E-state index contributed by atoms with van der Waals surface area (Å²) in [6.07, 6.45) is 11.0. The van der Waals surface area contributed by atoms with E-state index in [-0.39, 0.29) is 0 Å². The van der Waals surface area contributed by atoms with Crippen LogP contribution in [0, 0.1) is 0 Å². The number of nitrogens with zero attached hydrogens (tertiary/aromatic N) is 1. The molecule has 102 valence electrons. The normalized spacial score (nSPS) is 25.5. The Hall–Kier alpha value is -1.28. The summed E-state index contributed by atoms with van der Waals surface area (Å²) in [4.78, 5) is 4.59. The first-order valence-corrected chi connectivity index (χ1v) is 8.50. The number of allylic oxidation sites excluding steroid dienone is 1. The van der Waals surface area contributed by atoms with Crippen LogP contribution in [0.3, 0.4) is 0 Å². The second kappa shape index (κ2) is 5.25. The number of hydrogen-bond donors (Lipinski definition) is 0. The van der Waals surface area contributed by atoms with Crippen molar-refractivity contribution in [2.24, 2.45) is 0 Å². The predicted octanol–water partition coefficient (Wildman–Crippen LogP) is 4.76. The highest BCUT2D eigenvalue weighted by Crippen LogP contribution is 2.41. The molecule has 20 heavy (non-hydrogen) atoms. The summed E-state index contributed by atoms with van der Waals surface area (Å²) in [5.74, 6) is 0. The van der Waals surface area contributed by atoms with Crippen LogP contribution in [-0.2, 0) is 6.42 Å². The molecule has 3 heterocycles. The van der Waals surface area contributed by atoms with Crippen LogP contribution in [0.4, 0.5) is 0 Å². The number of aromatic nitrogens is 1. The van der Waals surface area contributed by atoms with Gasteiger partial charge in [0, 0.05) is 22.1 Å². The predicted molar refractivity (Wildman–Crippen MR) is 87.2 cm³/mol. The van der Waals surface area contributed by atoms with Crippen LogP contribution in [0.1, 0.15) is 31.2 Å². The van der Waals surface area contributed by atoms with E-state index in [2.05, 4.69) is 47.1 Å². The summed E-state index contributed by atoms with van der Waals surface area (Å²) in [5.41, 5.74) is 4.20. The van der Waals surface area contributed by atoms with Gasteiger partial charge in [-0.25, -0.2) is 0 Å². The molecule has 0 saturated carbocycles. The number of para-hydroxylation sites is 1. The zero-order valence-corrected chi connectivity index (χ0v) is 12.4. The van der Waals surface area contributed by atoms with Gasteiger partial charge in [-0.1, -0.05) is 42.3 Å². The summed E-state index contributed by atoms with van der Waals surface area (Å²) < 4.78 is 0. The average molecular weight is 281 g/mol. The fraction of sp³-hybridized carbons (Fsp3) is 0.389. The van der Waals surface area contributed by atoms with Crippen molar-refractivity contribution in [2.45, 2.75) is 42.6 Å². The van der Waals surface area contributed by atoms with E-state index in [0.717, 1.165) is 16.9 Å². The molecule has 0 amide bonds. The summed E-state index contributed by atoms with van der Waals surface area (Å²) >= 11 is 2.20. The van der Waals surface area contributed by atoms with E-state index in [9.17, 15) is 0 Å². The Kier molecular flexibility index (Phi) is 3.27. The van der Waals surface area contributed by atoms with Gasteiger partial charge < -0.3 is 0 Å². The number of thioether (sulfide) groups is 1. The van der Waals surface area contributed by atoms with Crippen molar-refractivity contribution in [1.29, 1.82) is 0 Å². The highest BCUT2D eigenvalue weighted by atomic mass is 32.2. The molecule has 1 saturated heterocycles. The molecule has 0 N–H and O–H groups in total. The van der Waals surface area contributed by atoms with Crippen molar-refractivity contribution >= 4 is 22.7 Å². The highest BCUT2D eigenvalue weighted by Gasteiger charge is 2.26. The van der Waals surface area contributed by atoms with Crippen molar-refractivity contribution < 1.29 is 0 Å². The lowest BCUT2D eigenvalue weighted by molar-refractivity contribution is 0.607. The number of rotatable bonds is 2. The molecule has 2 aromatic rings. The van der Waals surface area contributed by atoms with E-state index >= 15 is 0 Å². The van der Waals surface area contributed by atoms with Crippen molar-refractivity contribution in [1.82, 2.24) is 4.98 Å². The number of pyridine rings is 1. The van der Waals surface area contributed by atoms with Gasteiger partial charge in [-0.3, -0.25) is 4.98 Å². The molecule has 2 atom stereocenters. The Morgan fingerprint density at radius 2 is 2.10 bits per heavy atom. The molecule has 4 rings (SSSR count).